The predicted molar refractivity (Wildman–Crippen MR) is 92.3 cm³/mol. The molecule has 0 radical (unpaired) electrons. The van der Waals surface area contributed by atoms with Crippen molar-refractivity contribution in [3.8, 4) is 0 Å². The monoisotopic (exact) mass is 384 g/mol. The normalized spacial score (nSPS) is 12.3. The molecule has 2 rings (SSSR count). The van der Waals surface area contributed by atoms with Crippen molar-refractivity contribution < 1.29 is 9.59 Å². The Hall–Kier alpha value is -0.780. The SMILES string of the molecule is CC(=O)CC(C(=O)CCCc1ccsc1Br)c1ccsc1. The molecule has 0 aliphatic heterocycles. The molecule has 21 heavy (non-hydrogen) atoms. The second-order valence-electron chi connectivity index (χ2n) is 5.05. The first-order chi connectivity index (χ1) is 10.1. The van der Waals surface area contributed by atoms with Gasteiger partial charge < -0.3 is 0 Å². The molecule has 0 amide bonds. The minimum Gasteiger partial charge on any atom is -0.300 e. The molecule has 1 unspecified atom stereocenters. The van der Waals surface area contributed by atoms with Crippen LogP contribution in [0.15, 0.2) is 32.1 Å². The summed E-state index contributed by atoms with van der Waals surface area (Å²) in [5, 5.41) is 5.98. The Labute approximate surface area is 141 Å². The number of ketones is 2. The Balaban J connectivity index is 1.92. The minimum absolute atomic E-state index is 0.0696. The summed E-state index contributed by atoms with van der Waals surface area (Å²) in [6, 6.07) is 4.04. The van der Waals surface area contributed by atoms with Crippen molar-refractivity contribution in [1.82, 2.24) is 0 Å². The van der Waals surface area contributed by atoms with Gasteiger partial charge in [-0.05, 0) is 75.1 Å². The van der Waals surface area contributed by atoms with Crippen LogP contribution in [0, 0.1) is 0 Å². The van der Waals surface area contributed by atoms with E-state index in [0.717, 1.165) is 22.2 Å². The molecule has 0 saturated heterocycles. The van der Waals surface area contributed by atoms with Gasteiger partial charge in [0, 0.05) is 12.8 Å². The van der Waals surface area contributed by atoms with Crippen molar-refractivity contribution in [1.29, 1.82) is 0 Å². The molecule has 112 valence electrons. The number of aryl methyl sites for hydroxylation is 1. The fourth-order valence-electron chi connectivity index (χ4n) is 2.30. The molecule has 0 spiro atoms. The highest BCUT2D eigenvalue weighted by molar-refractivity contribution is 9.11. The van der Waals surface area contributed by atoms with Gasteiger partial charge in [-0.2, -0.15) is 11.3 Å². The van der Waals surface area contributed by atoms with Gasteiger partial charge in [0.25, 0.3) is 0 Å². The molecule has 0 aliphatic carbocycles. The summed E-state index contributed by atoms with van der Waals surface area (Å²) in [7, 11) is 0. The van der Waals surface area contributed by atoms with E-state index in [1.807, 2.05) is 22.2 Å². The zero-order chi connectivity index (χ0) is 15.2. The van der Waals surface area contributed by atoms with Gasteiger partial charge in [-0.1, -0.05) is 0 Å². The lowest BCUT2D eigenvalue weighted by atomic mass is 9.89. The topological polar surface area (TPSA) is 34.1 Å². The maximum Gasteiger partial charge on any atom is 0.140 e. The summed E-state index contributed by atoms with van der Waals surface area (Å²) < 4.78 is 1.15. The van der Waals surface area contributed by atoms with Crippen LogP contribution in [0.5, 0.6) is 0 Å². The van der Waals surface area contributed by atoms with E-state index in [-0.39, 0.29) is 17.5 Å². The first-order valence-corrected chi connectivity index (χ1v) is 9.45. The van der Waals surface area contributed by atoms with Crippen LogP contribution < -0.4 is 0 Å². The Morgan fingerprint density at radius 1 is 1.29 bits per heavy atom. The zero-order valence-electron chi connectivity index (χ0n) is 11.8. The molecule has 5 heteroatoms. The van der Waals surface area contributed by atoms with Gasteiger partial charge in [-0.25, -0.2) is 0 Å². The van der Waals surface area contributed by atoms with Crippen LogP contribution >= 0.6 is 38.6 Å². The highest BCUT2D eigenvalue weighted by atomic mass is 79.9. The number of carbonyl (C=O) groups excluding carboxylic acids is 2. The van der Waals surface area contributed by atoms with Crippen LogP contribution in [0.4, 0.5) is 0 Å². The lowest BCUT2D eigenvalue weighted by Gasteiger charge is -2.13. The van der Waals surface area contributed by atoms with E-state index in [2.05, 4.69) is 22.0 Å². The maximum atomic E-state index is 12.4. The maximum absolute atomic E-state index is 12.4. The van der Waals surface area contributed by atoms with Crippen LogP contribution in [-0.2, 0) is 16.0 Å². The van der Waals surface area contributed by atoms with Gasteiger partial charge in [0.2, 0.25) is 0 Å². The van der Waals surface area contributed by atoms with E-state index in [4.69, 9.17) is 0 Å². The summed E-state index contributed by atoms with van der Waals surface area (Å²) in [6.07, 6.45) is 2.56. The summed E-state index contributed by atoms with van der Waals surface area (Å²) in [5.74, 6) is -0.0188. The van der Waals surface area contributed by atoms with E-state index in [9.17, 15) is 9.59 Å². The number of carbonyl (C=O) groups is 2. The first kappa shape index (κ1) is 16.6. The number of hydrogen-bond donors (Lipinski definition) is 0. The van der Waals surface area contributed by atoms with Crippen molar-refractivity contribution in [2.45, 2.75) is 38.5 Å². The molecule has 1 atom stereocenters. The molecule has 0 aromatic carbocycles. The van der Waals surface area contributed by atoms with E-state index in [1.165, 1.54) is 5.56 Å². The summed E-state index contributed by atoms with van der Waals surface area (Å²) >= 11 is 6.75. The van der Waals surface area contributed by atoms with E-state index in [0.29, 0.717) is 12.8 Å². The molecule has 0 saturated carbocycles. The van der Waals surface area contributed by atoms with Crippen molar-refractivity contribution in [3.05, 3.63) is 43.2 Å². The van der Waals surface area contributed by atoms with Crippen LogP contribution in [0.25, 0.3) is 0 Å². The fraction of sp³-hybridized carbons (Fsp3) is 0.375. The second-order valence-corrected chi connectivity index (χ2v) is 8.07. The Morgan fingerprint density at radius 3 is 2.67 bits per heavy atom. The van der Waals surface area contributed by atoms with Crippen molar-refractivity contribution in [2.24, 2.45) is 0 Å². The van der Waals surface area contributed by atoms with Crippen molar-refractivity contribution in [2.75, 3.05) is 0 Å². The third-order valence-corrected chi connectivity index (χ3v) is 5.90. The molecule has 0 aliphatic rings. The van der Waals surface area contributed by atoms with Crippen LogP contribution in [-0.4, -0.2) is 11.6 Å². The Morgan fingerprint density at radius 2 is 2.10 bits per heavy atom. The molecule has 0 bridgehead atoms. The number of rotatable bonds is 8. The largest absolute Gasteiger partial charge is 0.300 e. The number of halogens is 1. The molecule has 2 aromatic rings. The van der Waals surface area contributed by atoms with E-state index in [1.54, 1.807) is 29.6 Å². The van der Waals surface area contributed by atoms with Crippen LogP contribution in [0.2, 0.25) is 0 Å². The molecular weight excluding hydrogens is 368 g/mol. The lowest BCUT2D eigenvalue weighted by Crippen LogP contribution is -2.15. The minimum atomic E-state index is -0.264. The number of thiophene rings is 2. The smallest absolute Gasteiger partial charge is 0.140 e. The average Bonchev–Trinajstić information content (AvgIpc) is 3.08. The number of Topliss-reactive ketones (excluding diaryl/α,β-unsaturated/α-hetero) is 2. The molecular formula is C16H17BrO2S2. The van der Waals surface area contributed by atoms with E-state index < -0.39 is 0 Å². The second kappa shape index (κ2) is 8.01. The summed E-state index contributed by atoms with van der Waals surface area (Å²) in [5.41, 5.74) is 2.24. The van der Waals surface area contributed by atoms with E-state index >= 15 is 0 Å². The highest BCUT2D eigenvalue weighted by Crippen LogP contribution is 2.27. The van der Waals surface area contributed by atoms with Crippen molar-refractivity contribution in [3.63, 3.8) is 0 Å². The molecule has 2 aromatic heterocycles. The van der Waals surface area contributed by atoms with Gasteiger partial charge in [0.05, 0.1) is 9.70 Å². The summed E-state index contributed by atoms with van der Waals surface area (Å²) in [6.45, 7) is 1.55. The first-order valence-electron chi connectivity index (χ1n) is 6.84. The summed E-state index contributed by atoms with van der Waals surface area (Å²) in [4.78, 5) is 23.8. The Kier molecular flexibility index (Phi) is 6.33. The number of hydrogen-bond acceptors (Lipinski definition) is 4. The average molecular weight is 385 g/mol. The van der Waals surface area contributed by atoms with Crippen LogP contribution in [0.1, 0.15) is 43.2 Å². The Bertz CT molecular complexity index is 602. The van der Waals surface area contributed by atoms with Gasteiger partial charge in [0.15, 0.2) is 0 Å². The zero-order valence-corrected chi connectivity index (χ0v) is 15.0. The molecule has 0 fully saturated rings. The molecule has 0 N–H and O–H groups in total. The standard InChI is InChI=1S/C16H17BrO2S2/c1-11(18)9-14(13-5-7-20-10-13)15(19)4-2-3-12-6-8-21-16(12)17/h5-8,10,14H,2-4,9H2,1H3. The molecule has 2 heterocycles. The van der Waals surface area contributed by atoms with Crippen LogP contribution in [0.3, 0.4) is 0 Å². The third kappa shape index (κ3) is 4.87. The third-order valence-electron chi connectivity index (χ3n) is 3.39. The van der Waals surface area contributed by atoms with Gasteiger partial charge in [-0.15, -0.1) is 11.3 Å². The lowest BCUT2D eigenvalue weighted by molar-refractivity contribution is -0.124. The fourth-order valence-corrected chi connectivity index (χ4v) is 4.35. The van der Waals surface area contributed by atoms with Gasteiger partial charge in [0.1, 0.15) is 11.6 Å². The molecule has 2 nitrogen and oxygen atoms in total. The van der Waals surface area contributed by atoms with Gasteiger partial charge in [-0.3, -0.25) is 9.59 Å². The van der Waals surface area contributed by atoms with Gasteiger partial charge >= 0.3 is 0 Å². The predicted octanol–water partition coefficient (Wildman–Crippen LogP) is 5.23. The highest BCUT2D eigenvalue weighted by Gasteiger charge is 2.22. The quantitative estimate of drug-likeness (QED) is 0.624. The van der Waals surface area contributed by atoms with Crippen molar-refractivity contribution >= 4 is 50.2 Å².